The molecule has 0 bridgehead atoms. The van der Waals surface area contributed by atoms with Gasteiger partial charge in [-0.2, -0.15) is 5.26 Å². The largest absolute Gasteiger partial charge is 0.317 e. The van der Waals surface area contributed by atoms with E-state index in [-0.39, 0.29) is 5.91 Å². The van der Waals surface area contributed by atoms with Crippen LogP contribution in [0.3, 0.4) is 0 Å². The molecule has 0 aliphatic rings. The Morgan fingerprint density at radius 1 is 1.77 bits per heavy atom. The van der Waals surface area contributed by atoms with Gasteiger partial charge in [-0.05, 0) is 12.5 Å². The van der Waals surface area contributed by atoms with Crippen LogP contribution in [0.4, 0.5) is 5.00 Å². The number of anilines is 1. The second kappa shape index (κ2) is 4.06. The van der Waals surface area contributed by atoms with Crippen LogP contribution in [0.2, 0.25) is 0 Å². The van der Waals surface area contributed by atoms with Crippen molar-refractivity contribution in [1.29, 1.82) is 5.26 Å². The first-order valence-electron chi connectivity index (χ1n) is 3.97. The first-order valence-corrected chi connectivity index (χ1v) is 4.79. The van der Waals surface area contributed by atoms with Crippen LogP contribution in [0.5, 0.6) is 0 Å². The van der Waals surface area contributed by atoms with Crippen molar-refractivity contribution in [2.75, 3.05) is 5.32 Å². The van der Waals surface area contributed by atoms with Gasteiger partial charge in [-0.15, -0.1) is 11.3 Å². The van der Waals surface area contributed by atoms with Crippen molar-refractivity contribution in [3.8, 4) is 6.07 Å². The lowest BCUT2D eigenvalue weighted by molar-refractivity contribution is -0.114. The van der Waals surface area contributed by atoms with Gasteiger partial charge in [0.1, 0.15) is 11.1 Å². The highest BCUT2D eigenvalue weighted by Gasteiger charge is 2.08. The number of nitrogens with one attached hydrogen (secondary N) is 1. The van der Waals surface area contributed by atoms with Crippen LogP contribution in [-0.4, -0.2) is 5.91 Å². The van der Waals surface area contributed by atoms with Crippen molar-refractivity contribution in [3.63, 3.8) is 0 Å². The summed E-state index contributed by atoms with van der Waals surface area (Å²) in [6, 6.07) is 3.87. The molecule has 68 valence electrons. The Kier molecular flexibility index (Phi) is 3.04. The molecule has 0 saturated carbocycles. The Morgan fingerprint density at radius 3 is 2.92 bits per heavy atom. The molecule has 0 atom stereocenters. The van der Waals surface area contributed by atoms with Crippen LogP contribution < -0.4 is 5.32 Å². The summed E-state index contributed by atoms with van der Waals surface area (Å²) in [6.45, 7) is 3.46. The molecule has 1 heterocycles. The molecule has 0 saturated heterocycles. The van der Waals surface area contributed by atoms with Crippen molar-refractivity contribution >= 4 is 22.2 Å². The molecule has 0 aliphatic carbocycles. The minimum absolute atomic E-state index is 0.138. The van der Waals surface area contributed by atoms with E-state index >= 15 is 0 Å². The first kappa shape index (κ1) is 9.75. The van der Waals surface area contributed by atoms with E-state index in [0.717, 1.165) is 11.3 Å². The number of thiophene rings is 1. The maximum absolute atomic E-state index is 10.8. The van der Waals surface area contributed by atoms with Gasteiger partial charge in [0.2, 0.25) is 5.91 Å². The van der Waals surface area contributed by atoms with Gasteiger partial charge in [-0.25, -0.2) is 0 Å². The summed E-state index contributed by atoms with van der Waals surface area (Å²) in [7, 11) is 0. The second-order valence-corrected chi connectivity index (χ2v) is 3.74. The number of amides is 1. The zero-order chi connectivity index (χ0) is 9.84. The summed E-state index contributed by atoms with van der Waals surface area (Å²) in [4.78, 5) is 11.9. The maximum Gasteiger partial charge on any atom is 0.221 e. The molecule has 1 amide bonds. The average Bonchev–Trinajstić information content (AvgIpc) is 2.46. The van der Waals surface area contributed by atoms with Gasteiger partial charge in [0.05, 0.1) is 5.56 Å². The maximum atomic E-state index is 10.8. The van der Waals surface area contributed by atoms with Crippen LogP contribution in [-0.2, 0) is 11.2 Å². The van der Waals surface area contributed by atoms with Crippen LogP contribution in [0, 0.1) is 11.3 Å². The number of nitriles is 1. The third kappa shape index (κ3) is 2.30. The van der Waals surface area contributed by atoms with Gasteiger partial charge in [0.25, 0.3) is 0 Å². The Hall–Kier alpha value is -1.34. The SMILES string of the molecule is CCc1cc(C#N)c(NC(C)=O)s1. The van der Waals surface area contributed by atoms with E-state index in [1.165, 1.54) is 18.3 Å². The lowest BCUT2D eigenvalue weighted by Gasteiger charge is -1.95. The predicted octanol–water partition coefficient (Wildman–Crippen LogP) is 2.14. The summed E-state index contributed by atoms with van der Waals surface area (Å²) in [6.07, 6.45) is 0.888. The Bertz CT molecular complexity index is 362. The molecule has 0 fully saturated rings. The Labute approximate surface area is 81.0 Å². The fourth-order valence-electron chi connectivity index (χ4n) is 0.952. The van der Waals surface area contributed by atoms with E-state index in [1.807, 2.05) is 13.0 Å². The normalized spacial score (nSPS) is 9.31. The van der Waals surface area contributed by atoms with E-state index in [9.17, 15) is 4.79 Å². The molecule has 0 aromatic carbocycles. The fourth-order valence-corrected chi connectivity index (χ4v) is 1.94. The van der Waals surface area contributed by atoms with E-state index in [2.05, 4.69) is 11.4 Å². The molecule has 1 aromatic rings. The molecule has 13 heavy (non-hydrogen) atoms. The quantitative estimate of drug-likeness (QED) is 0.784. The summed E-state index contributed by atoms with van der Waals surface area (Å²) in [5.41, 5.74) is 0.553. The molecule has 3 nitrogen and oxygen atoms in total. The zero-order valence-electron chi connectivity index (χ0n) is 7.55. The summed E-state index contributed by atoms with van der Waals surface area (Å²) in [5.74, 6) is -0.138. The Balaban J connectivity index is 2.98. The lowest BCUT2D eigenvalue weighted by atomic mass is 10.3. The molecule has 0 spiro atoms. The smallest absolute Gasteiger partial charge is 0.221 e. The molecule has 0 unspecified atom stereocenters. The first-order chi connectivity index (χ1) is 6.17. The minimum atomic E-state index is -0.138. The fraction of sp³-hybridized carbons (Fsp3) is 0.333. The van der Waals surface area contributed by atoms with E-state index < -0.39 is 0 Å². The van der Waals surface area contributed by atoms with Crippen molar-refractivity contribution in [3.05, 3.63) is 16.5 Å². The number of carbonyl (C=O) groups excluding carboxylic acids is 1. The van der Waals surface area contributed by atoms with Crippen LogP contribution in [0.1, 0.15) is 24.3 Å². The van der Waals surface area contributed by atoms with Crippen LogP contribution >= 0.6 is 11.3 Å². The minimum Gasteiger partial charge on any atom is -0.317 e. The topological polar surface area (TPSA) is 52.9 Å². The van der Waals surface area contributed by atoms with Crippen LogP contribution in [0.25, 0.3) is 0 Å². The van der Waals surface area contributed by atoms with Gasteiger partial charge >= 0.3 is 0 Å². The summed E-state index contributed by atoms with van der Waals surface area (Å²) in [5, 5.41) is 12.0. The van der Waals surface area contributed by atoms with Crippen LogP contribution in [0.15, 0.2) is 6.07 Å². The average molecular weight is 194 g/mol. The zero-order valence-corrected chi connectivity index (χ0v) is 8.36. The predicted molar refractivity (Wildman–Crippen MR) is 52.7 cm³/mol. The lowest BCUT2D eigenvalue weighted by Crippen LogP contribution is -2.04. The molecular formula is C9H10N2OS. The molecule has 4 heteroatoms. The van der Waals surface area contributed by atoms with E-state index in [4.69, 9.17) is 5.26 Å². The molecule has 0 aliphatic heterocycles. The molecular weight excluding hydrogens is 184 g/mol. The second-order valence-electron chi connectivity index (χ2n) is 2.60. The van der Waals surface area contributed by atoms with Gasteiger partial charge in [-0.3, -0.25) is 4.79 Å². The molecule has 1 rings (SSSR count). The standard InChI is InChI=1S/C9H10N2OS/c1-3-8-4-7(5-10)9(13-8)11-6(2)12/h4H,3H2,1-2H3,(H,11,12). The van der Waals surface area contributed by atoms with Crippen molar-refractivity contribution < 1.29 is 4.79 Å². The monoisotopic (exact) mass is 194 g/mol. The number of carbonyl (C=O) groups is 1. The summed E-state index contributed by atoms with van der Waals surface area (Å²) < 4.78 is 0. The number of rotatable bonds is 2. The number of nitrogens with zero attached hydrogens (tertiary/aromatic N) is 1. The molecule has 0 radical (unpaired) electrons. The third-order valence-electron chi connectivity index (χ3n) is 1.54. The van der Waals surface area contributed by atoms with Crippen molar-refractivity contribution in [1.82, 2.24) is 0 Å². The highest BCUT2D eigenvalue weighted by molar-refractivity contribution is 7.16. The third-order valence-corrected chi connectivity index (χ3v) is 2.74. The van der Waals surface area contributed by atoms with Gasteiger partial charge < -0.3 is 5.32 Å². The highest BCUT2D eigenvalue weighted by atomic mass is 32.1. The highest BCUT2D eigenvalue weighted by Crippen LogP contribution is 2.27. The van der Waals surface area contributed by atoms with Gasteiger partial charge in [0.15, 0.2) is 0 Å². The van der Waals surface area contributed by atoms with Gasteiger partial charge in [-0.1, -0.05) is 6.92 Å². The number of aryl methyl sites for hydroxylation is 1. The van der Waals surface area contributed by atoms with E-state index in [0.29, 0.717) is 10.6 Å². The Morgan fingerprint density at radius 2 is 2.46 bits per heavy atom. The van der Waals surface area contributed by atoms with Crippen molar-refractivity contribution in [2.24, 2.45) is 0 Å². The number of hydrogen-bond donors (Lipinski definition) is 1. The van der Waals surface area contributed by atoms with E-state index in [1.54, 1.807) is 0 Å². The summed E-state index contributed by atoms with van der Waals surface area (Å²) >= 11 is 1.46. The molecule has 1 N–H and O–H groups in total. The number of hydrogen-bond acceptors (Lipinski definition) is 3. The van der Waals surface area contributed by atoms with Gasteiger partial charge in [0, 0.05) is 11.8 Å². The van der Waals surface area contributed by atoms with Crippen molar-refractivity contribution in [2.45, 2.75) is 20.3 Å². The molecule has 1 aromatic heterocycles.